The molecule has 1 spiro atoms. The number of anilines is 2. The van der Waals surface area contributed by atoms with E-state index in [1.54, 1.807) is 19.4 Å². The summed E-state index contributed by atoms with van der Waals surface area (Å²) in [4.78, 5) is 23.8. The second-order valence-electron chi connectivity index (χ2n) is 9.81. The summed E-state index contributed by atoms with van der Waals surface area (Å²) in [5, 5.41) is 4.56. The van der Waals surface area contributed by atoms with Gasteiger partial charge in [-0.3, -0.25) is 0 Å². The maximum Gasteiger partial charge on any atom is 0.326 e. The van der Waals surface area contributed by atoms with Crippen LogP contribution in [0, 0.1) is 11.2 Å². The van der Waals surface area contributed by atoms with E-state index in [2.05, 4.69) is 30.2 Å². The molecular weight excluding hydrogens is 435 g/mol. The lowest BCUT2D eigenvalue weighted by molar-refractivity contribution is 0.439. The molecule has 0 amide bonds. The predicted octanol–water partition coefficient (Wildman–Crippen LogP) is 3.68. The Labute approximate surface area is 195 Å². The SMILES string of the molecule is CNc1cc(F)cc2c1[nH]c1nc(Oc3cnc(C4CC4)nc3)nc(N3C[C@@H](N)C4(CC4)C3)c12. The number of aromatic nitrogens is 5. The fourth-order valence-corrected chi connectivity index (χ4v) is 5.18. The average molecular weight is 461 g/mol. The number of H-pyrrole nitrogens is 1. The van der Waals surface area contributed by atoms with Crippen molar-refractivity contribution in [3.8, 4) is 11.8 Å². The summed E-state index contributed by atoms with van der Waals surface area (Å²) >= 11 is 0. The number of nitrogens with two attached hydrogens (primary N) is 1. The van der Waals surface area contributed by atoms with Crippen molar-refractivity contribution in [2.45, 2.75) is 37.6 Å². The second-order valence-corrected chi connectivity index (χ2v) is 9.81. The van der Waals surface area contributed by atoms with E-state index in [-0.39, 0.29) is 23.3 Å². The maximum absolute atomic E-state index is 14.5. The third-order valence-electron chi connectivity index (χ3n) is 7.46. The standard InChI is InChI=1S/C24H25FN8O/c1-27-16-7-13(25)6-15-18-21(30-19(15)16)31-23(34-14-8-28-20(29-9-14)12-2-3-12)32-22(18)33-10-17(26)24(11-33)4-5-24/h6-9,12,17,27H,2-5,10-11,26H2,1H3,(H,30,31,32)/t17-/m1/s1. The molecule has 1 aromatic carbocycles. The van der Waals surface area contributed by atoms with Crippen molar-refractivity contribution in [1.82, 2.24) is 24.9 Å². The van der Waals surface area contributed by atoms with E-state index in [9.17, 15) is 4.39 Å². The molecule has 4 heterocycles. The Bertz CT molecular complexity index is 1430. The molecule has 1 atom stereocenters. The van der Waals surface area contributed by atoms with Gasteiger partial charge in [0.15, 0.2) is 5.75 Å². The van der Waals surface area contributed by atoms with Gasteiger partial charge >= 0.3 is 6.01 Å². The first-order valence-corrected chi connectivity index (χ1v) is 11.7. The van der Waals surface area contributed by atoms with Crippen LogP contribution in [-0.4, -0.2) is 51.1 Å². The summed E-state index contributed by atoms with van der Waals surface area (Å²) < 4.78 is 20.5. The van der Waals surface area contributed by atoms with Gasteiger partial charge in [0.2, 0.25) is 0 Å². The molecule has 7 rings (SSSR count). The van der Waals surface area contributed by atoms with Crippen LogP contribution in [0.4, 0.5) is 15.9 Å². The topological polar surface area (TPSA) is 118 Å². The molecule has 34 heavy (non-hydrogen) atoms. The summed E-state index contributed by atoms with van der Waals surface area (Å²) in [7, 11) is 1.77. The first kappa shape index (κ1) is 19.9. The van der Waals surface area contributed by atoms with Crippen LogP contribution >= 0.6 is 0 Å². The van der Waals surface area contributed by atoms with Crippen molar-refractivity contribution in [3.63, 3.8) is 0 Å². The number of fused-ring (bicyclic) bond motifs is 3. The van der Waals surface area contributed by atoms with Gasteiger partial charge in [-0.1, -0.05) is 0 Å². The largest absolute Gasteiger partial charge is 0.421 e. The van der Waals surface area contributed by atoms with Crippen LogP contribution in [0.25, 0.3) is 21.9 Å². The molecule has 2 aliphatic carbocycles. The minimum atomic E-state index is -0.325. The van der Waals surface area contributed by atoms with Gasteiger partial charge < -0.3 is 25.7 Å². The molecule has 4 aromatic rings. The quantitative estimate of drug-likeness (QED) is 0.413. The zero-order valence-corrected chi connectivity index (χ0v) is 18.8. The highest BCUT2D eigenvalue weighted by molar-refractivity contribution is 6.14. The lowest BCUT2D eigenvalue weighted by atomic mass is 10.0. The Hall–Kier alpha value is -3.53. The monoisotopic (exact) mass is 460 g/mol. The zero-order chi connectivity index (χ0) is 23.0. The van der Waals surface area contributed by atoms with Crippen molar-refractivity contribution >= 4 is 33.4 Å². The first-order chi connectivity index (χ1) is 16.5. The summed E-state index contributed by atoms with van der Waals surface area (Å²) in [6, 6.07) is 3.26. The third kappa shape index (κ3) is 3.08. The molecule has 1 saturated heterocycles. The van der Waals surface area contributed by atoms with Crippen LogP contribution in [0.2, 0.25) is 0 Å². The number of rotatable bonds is 5. The van der Waals surface area contributed by atoms with E-state index in [0.29, 0.717) is 35.4 Å². The van der Waals surface area contributed by atoms with Gasteiger partial charge in [0.05, 0.1) is 29.0 Å². The number of nitrogens with zero attached hydrogens (tertiary/aromatic N) is 5. The van der Waals surface area contributed by atoms with E-state index < -0.39 is 0 Å². The highest BCUT2D eigenvalue weighted by Gasteiger charge is 2.54. The molecule has 0 bridgehead atoms. The molecule has 1 aliphatic heterocycles. The molecule has 174 valence electrons. The fourth-order valence-electron chi connectivity index (χ4n) is 5.18. The first-order valence-electron chi connectivity index (χ1n) is 11.7. The molecule has 3 aliphatic rings. The van der Waals surface area contributed by atoms with Crippen molar-refractivity contribution in [2.75, 3.05) is 30.4 Å². The van der Waals surface area contributed by atoms with Crippen LogP contribution in [0.3, 0.4) is 0 Å². The smallest absolute Gasteiger partial charge is 0.326 e. The molecule has 0 radical (unpaired) electrons. The maximum atomic E-state index is 14.5. The number of nitrogens with one attached hydrogen (secondary N) is 2. The molecule has 2 saturated carbocycles. The Morgan fingerprint density at radius 2 is 2.00 bits per heavy atom. The molecular formula is C24H25FN8O. The Kier molecular flexibility index (Phi) is 4.09. The number of ether oxygens (including phenoxy) is 1. The average Bonchev–Trinajstić information content (AvgIpc) is 3.74. The Morgan fingerprint density at radius 3 is 2.68 bits per heavy atom. The van der Waals surface area contributed by atoms with Gasteiger partial charge in [0.25, 0.3) is 0 Å². The second kappa shape index (κ2) is 6.99. The summed E-state index contributed by atoms with van der Waals surface area (Å²) in [6.07, 6.45) is 7.85. The van der Waals surface area contributed by atoms with Gasteiger partial charge in [0, 0.05) is 42.9 Å². The summed E-state index contributed by atoms with van der Waals surface area (Å²) in [6.45, 7) is 1.51. The highest BCUT2D eigenvalue weighted by Crippen LogP contribution is 2.53. The Morgan fingerprint density at radius 1 is 1.21 bits per heavy atom. The van der Waals surface area contributed by atoms with Crippen LogP contribution in [0.1, 0.15) is 37.4 Å². The lowest BCUT2D eigenvalue weighted by Crippen LogP contribution is -2.30. The molecule has 3 fully saturated rings. The molecule has 10 heteroatoms. The van der Waals surface area contributed by atoms with Gasteiger partial charge in [-0.25, -0.2) is 14.4 Å². The van der Waals surface area contributed by atoms with Crippen molar-refractivity contribution in [2.24, 2.45) is 11.1 Å². The van der Waals surface area contributed by atoms with Gasteiger partial charge in [-0.2, -0.15) is 9.97 Å². The normalized spacial score (nSPS) is 21.0. The van der Waals surface area contributed by atoms with E-state index in [4.69, 9.17) is 15.5 Å². The molecule has 9 nitrogen and oxygen atoms in total. The van der Waals surface area contributed by atoms with Gasteiger partial charge in [-0.15, -0.1) is 0 Å². The van der Waals surface area contributed by atoms with Crippen LogP contribution in [0.5, 0.6) is 11.8 Å². The minimum Gasteiger partial charge on any atom is -0.421 e. The van der Waals surface area contributed by atoms with Crippen molar-refractivity contribution < 1.29 is 9.13 Å². The fraction of sp³-hybridized carbons (Fsp3) is 0.417. The van der Waals surface area contributed by atoms with Gasteiger partial charge in [-0.05, 0) is 37.8 Å². The van der Waals surface area contributed by atoms with Crippen molar-refractivity contribution in [1.29, 1.82) is 0 Å². The van der Waals surface area contributed by atoms with Crippen molar-refractivity contribution in [3.05, 3.63) is 36.2 Å². The summed E-state index contributed by atoms with van der Waals surface area (Å²) in [5.41, 5.74) is 8.66. The lowest BCUT2D eigenvalue weighted by Gasteiger charge is -2.19. The highest BCUT2D eigenvalue weighted by atomic mass is 19.1. The van der Waals surface area contributed by atoms with E-state index >= 15 is 0 Å². The third-order valence-corrected chi connectivity index (χ3v) is 7.46. The van der Waals surface area contributed by atoms with Crippen LogP contribution in [0.15, 0.2) is 24.5 Å². The molecule has 0 unspecified atom stereocenters. The number of halogens is 1. The van der Waals surface area contributed by atoms with Gasteiger partial charge in [0.1, 0.15) is 23.1 Å². The summed E-state index contributed by atoms with van der Waals surface area (Å²) in [5.74, 6) is 2.17. The van der Waals surface area contributed by atoms with E-state index in [0.717, 1.165) is 54.3 Å². The number of hydrogen-bond acceptors (Lipinski definition) is 8. The molecule has 4 N–H and O–H groups in total. The number of aromatic amines is 1. The predicted molar refractivity (Wildman–Crippen MR) is 127 cm³/mol. The van der Waals surface area contributed by atoms with E-state index in [1.807, 2.05) is 0 Å². The zero-order valence-electron chi connectivity index (χ0n) is 18.8. The van der Waals surface area contributed by atoms with Crippen LogP contribution < -0.4 is 20.7 Å². The Balaban J connectivity index is 1.36. The minimum absolute atomic E-state index is 0.0834. The molecule has 3 aromatic heterocycles. The van der Waals surface area contributed by atoms with Crippen LogP contribution in [-0.2, 0) is 0 Å². The van der Waals surface area contributed by atoms with E-state index in [1.165, 1.54) is 12.1 Å². The number of benzene rings is 1. The number of hydrogen-bond donors (Lipinski definition) is 3.